The molecule has 4 N–H and O–H groups in total. The predicted octanol–water partition coefficient (Wildman–Crippen LogP) is 3.79. The van der Waals surface area contributed by atoms with Crippen molar-refractivity contribution in [2.24, 2.45) is 10.2 Å². The van der Waals surface area contributed by atoms with Gasteiger partial charge in [0.2, 0.25) is 0 Å². The number of sulfone groups is 1. The lowest BCUT2D eigenvalue weighted by Crippen LogP contribution is -2.13. The summed E-state index contributed by atoms with van der Waals surface area (Å²) in [6.45, 7) is 3.92. The second-order valence-corrected chi connectivity index (χ2v) is 10.9. The highest BCUT2D eigenvalue weighted by atomic mass is 32.2. The van der Waals surface area contributed by atoms with Crippen LogP contribution in [0.2, 0.25) is 0 Å². The molecule has 1 heterocycles. The largest absolute Gasteiger partial charge is 0.395 e. The molecule has 0 spiro atoms. The van der Waals surface area contributed by atoms with Gasteiger partial charge in [-0.25, -0.2) is 13.4 Å². The van der Waals surface area contributed by atoms with E-state index in [1.54, 1.807) is 36.9 Å². The van der Waals surface area contributed by atoms with Gasteiger partial charge in [0.05, 0.1) is 35.1 Å². The van der Waals surface area contributed by atoms with Crippen LogP contribution in [-0.2, 0) is 9.84 Å². The summed E-state index contributed by atoms with van der Waals surface area (Å²) in [6, 6.07) is 8.36. The molecule has 0 aliphatic rings. The zero-order valence-corrected chi connectivity index (χ0v) is 21.6. The van der Waals surface area contributed by atoms with E-state index in [9.17, 15) is 18.8 Å². The lowest BCUT2D eigenvalue weighted by atomic mass is 10.1. The van der Waals surface area contributed by atoms with E-state index in [-0.39, 0.29) is 48.3 Å². The number of unbranched alkanes of at least 4 members (excludes halogenated alkanes) is 1. The first-order valence-electron chi connectivity index (χ1n) is 11.3. The summed E-state index contributed by atoms with van der Waals surface area (Å²) in [4.78, 5) is 4.56. The summed E-state index contributed by atoms with van der Waals surface area (Å²) in [5, 5.41) is 42.3. The van der Waals surface area contributed by atoms with E-state index in [2.05, 4.69) is 38.8 Å². The molecule has 190 valence electrons. The standard InChI is InChI=1S/C23H32N6O4S2/c1-3-4-12-34-13-14-35(32,33)19-7-5-6-18(15-19)28-29-21-17(2)20(16-24)22(25-8-10-30)27-23(21)26-9-11-31/h5-7,15,30-31H,3-4,8-14H2,1-2H3,(H2,25,26,27)/b29-28+. The first-order valence-corrected chi connectivity index (χ1v) is 14.1. The van der Waals surface area contributed by atoms with Crippen LogP contribution in [0.1, 0.15) is 30.9 Å². The number of azo groups is 1. The highest BCUT2D eigenvalue weighted by Crippen LogP contribution is 2.35. The number of nitrogens with one attached hydrogen (secondary N) is 2. The fourth-order valence-corrected chi connectivity index (χ4v) is 5.90. The number of nitrogens with zero attached hydrogens (tertiary/aromatic N) is 4. The van der Waals surface area contributed by atoms with Crippen LogP contribution in [0.25, 0.3) is 0 Å². The minimum absolute atomic E-state index is 0.0497. The van der Waals surface area contributed by atoms with Crippen molar-refractivity contribution in [3.8, 4) is 6.07 Å². The molecule has 0 unspecified atom stereocenters. The first kappa shape index (κ1) is 28.5. The number of aliphatic hydroxyl groups is 2. The number of hydrogen-bond acceptors (Lipinski definition) is 11. The number of pyridine rings is 1. The van der Waals surface area contributed by atoms with Crippen molar-refractivity contribution in [3.05, 3.63) is 35.4 Å². The van der Waals surface area contributed by atoms with E-state index in [0.717, 1.165) is 18.6 Å². The normalized spacial score (nSPS) is 11.5. The maximum atomic E-state index is 12.7. The summed E-state index contributed by atoms with van der Waals surface area (Å²) in [6.07, 6.45) is 2.15. The molecule has 10 nitrogen and oxygen atoms in total. The first-order chi connectivity index (χ1) is 16.9. The Balaban J connectivity index is 2.33. The molecule has 0 aliphatic heterocycles. The Morgan fingerprint density at radius 1 is 1.11 bits per heavy atom. The zero-order chi connectivity index (χ0) is 25.7. The fraction of sp³-hybridized carbons (Fsp3) is 0.478. The number of aromatic nitrogens is 1. The molecule has 12 heteroatoms. The third-order valence-corrected chi connectivity index (χ3v) is 7.96. The molecule has 1 aromatic carbocycles. The number of aliphatic hydroxyl groups excluding tert-OH is 2. The molecule has 1 aromatic heterocycles. The Morgan fingerprint density at radius 3 is 2.49 bits per heavy atom. The predicted molar refractivity (Wildman–Crippen MR) is 140 cm³/mol. The minimum Gasteiger partial charge on any atom is -0.395 e. The molecule has 35 heavy (non-hydrogen) atoms. The number of benzene rings is 1. The molecule has 0 bridgehead atoms. The quantitative estimate of drug-likeness (QED) is 0.202. The molecule has 0 amide bonds. The average Bonchev–Trinajstić information content (AvgIpc) is 2.85. The van der Waals surface area contributed by atoms with Crippen molar-refractivity contribution in [3.63, 3.8) is 0 Å². The molecular formula is C23H32N6O4S2. The van der Waals surface area contributed by atoms with E-state index in [1.165, 1.54) is 6.07 Å². The second kappa shape index (κ2) is 14.6. The van der Waals surface area contributed by atoms with Crippen molar-refractivity contribution in [2.75, 3.05) is 54.2 Å². The molecule has 2 rings (SSSR count). The molecule has 0 saturated carbocycles. The van der Waals surface area contributed by atoms with Gasteiger partial charge in [0, 0.05) is 24.4 Å². The Kier molecular flexibility index (Phi) is 11.9. The van der Waals surface area contributed by atoms with Crippen molar-refractivity contribution < 1.29 is 18.6 Å². The van der Waals surface area contributed by atoms with E-state index >= 15 is 0 Å². The highest BCUT2D eigenvalue weighted by Gasteiger charge is 2.18. The van der Waals surface area contributed by atoms with Crippen LogP contribution in [0.4, 0.5) is 23.0 Å². The van der Waals surface area contributed by atoms with E-state index in [0.29, 0.717) is 28.5 Å². The molecule has 2 aromatic rings. The van der Waals surface area contributed by atoms with Crippen molar-refractivity contribution >= 4 is 44.6 Å². The Hall–Kier alpha value is -2.72. The fourth-order valence-electron chi connectivity index (χ4n) is 3.04. The SMILES string of the molecule is CCCCSCCS(=O)(=O)c1cccc(/N=N/c2c(NCCO)nc(NCCO)c(C#N)c2C)c1. The van der Waals surface area contributed by atoms with Gasteiger partial charge in [-0.15, -0.1) is 5.11 Å². The molecule has 0 atom stereocenters. The number of thioether (sulfide) groups is 1. The van der Waals surface area contributed by atoms with Gasteiger partial charge in [0.1, 0.15) is 17.6 Å². The number of nitriles is 1. The lowest BCUT2D eigenvalue weighted by Gasteiger charge is -2.14. The van der Waals surface area contributed by atoms with Crippen molar-refractivity contribution in [1.82, 2.24) is 4.98 Å². The van der Waals surface area contributed by atoms with Crippen LogP contribution < -0.4 is 10.6 Å². The van der Waals surface area contributed by atoms with E-state index < -0.39 is 9.84 Å². The Labute approximate surface area is 210 Å². The topological polar surface area (TPSA) is 160 Å². The minimum atomic E-state index is -3.45. The van der Waals surface area contributed by atoms with E-state index in [4.69, 9.17) is 5.11 Å². The molecule has 0 fully saturated rings. The monoisotopic (exact) mass is 520 g/mol. The van der Waals surface area contributed by atoms with Crippen LogP contribution in [0.15, 0.2) is 39.4 Å². The third-order valence-electron chi connectivity index (χ3n) is 4.92. The third kappa shape index (κ3) is 8.47. The van der Waals surface area contributed by atoms with E-state index in [1.807, 2.05) is 0 Å². The van der Waals surface area contributed by atoms with Crippen LogP contribution in [0.5, 0.6) is 0 Å². The van der Waals surface area contributed by atoms with Crippen molar-refractivity contribution in [2.45, 2.75) is 31.6 Å². The highest BCUT2D eigenvalue weighted by molar-refractivity contribution is 8.00. The lowest BCUT2D eigenvalue weighted by molar-refractivity contribution is 0.311. The van der Waals surface area contributed by atoms with Crippen LogP contribution in [-0.4, -0.2) is 67.2 Å². The maximum Gasteiger partial charge on any atom is 0.179 e. The second-order valence-electron chi connectivity index (χ2n) is 7.55. The van der Waals surface area contributed by atoms with Crippen LogP contribution >= 0.6 is 11.8 Å². The van der Waals surface area contributed by atoms with Gasteiger partial charge in [0.25, 0.3) is 0 Å². The summed E-state index contributed by atoms with van der Waals surface area (Å²) >= 11 is 1.63. The van der Waals surface area contributed by atoms with Crippen LogP contribution in [0.3, 0.4) is 0 Å². The molecule has 0 radical (unpaired) electrons. The summed E-state index contributed by atoms with van der Waals surface area (Å²) in [5.41, 5.74) is 1.39. The number of rotatable bonds is 15. The van der Waals surface area contributed by atoms with Crippen LogP contribution in [0, 0.1) is 18.3 Å². The Morgan fingerprint density at radius 2 is 1.83 bits per heavy atom. The summed E-state index contributed by atoms with van der Waals surface area (Å²) < 4.78 is 25.5. The van der Waals surface area contributed by atoms with Gasteiger partial charge in [-0.05, 0) is 37.3 Å². The Bertz CT molecular complexity index is 1150. The van der Waals surface area contributed by atoms with Gasteiger partial charge in [-0.3, -0.25) is 0 Å². The van der Waals surface area contributed by atoms with Gasteiger partial charge in [-0.1, -0.05) is 19.4 Å². The molecular weight excluding hydrogens is 488 g/mol. The molecule has 0 saturated heterocycles. The van der Waals surface area contributed by atoms with Crippen molar-refractivity contribution in [1.29, 1.82) is 5.26 Å². The average molecular weight is 521 g/mol. The van der Waals surface area contributed by atoms with Gasteiger partial charge in [-0.2, -0.15) is 22.1 Å². The number of anilines is 2. The van der Waals surface area contributed by atoms with Gasteiger partial charge in [0.15, 0.2) is 15.7 Å². The zero-order valence-electron chi connectivity index (χ0n) is 20.0. The number of hydrogen-bond donors (Lipinski definition) is 4. The maximum absolute atomic E-state index is 12.7. The van der Waals surface area contributed by atoms with Gasteiger partial charge >= 0.3 is 0 Å². The summed E-state index contributed by atoms with van der Waals surface area (Å²) in [5.74, 6) is 2.11. The summed E-state index contributed by atoms with van der Waals surface area (Å²) in [7, 11) is -3.45. The van der Waals surface area contributed by atoms with Gasteiger partial charge < -0.3 is 20.8 Å². The smallest absolute Gasteiger partial charge is 0.179 e. The molecule has 0 aliphatic carbocycles.